The number of amides is 2. The second-order valence-electron chi connectivity index (χ2n) is 6.15. The summed E-state index contributed by atoms with van der Waals surface area (Å²) in [7, 11) is 1.79. The van der Waals surface area contributed by atoms with E-state index in [9.17, 15) is 19.7 Å². The Morgan fingerprint density at radius 3 is 2.83 bits per heavy atom. The fourth-order valence-corrected chi connectivity index (χ4v) is 4.11. The Hall–Kier alpha value is -2.00. The Morgan fingerprint density at radius 2 is 2.21 bits per heavy atom. The molecule has 1 aromatic rings. The van der Waals surface area contributed by atoms with E-state index in [-0.39, 0.29) is 22.9 Å². The van der Waals surface area contributed by atoms with Gasteiger partial charge in [0.25, 0.3) is 5.91 Å². The van der Waals surface area contributed by atoms with Gasteiger partial charge >= 0.3 is 5.00 Å². The van der Waals surface area contributed by atoms with Crippen molar-refractivity contribution in [3.05, 3.63) is 27.1 Å². The molecule has 3 rings (SSSR count). The fourth-order valence-electron chi connectivity index (χ4n) is 3.33. The lowest BCUT2D eigenvalue weighted by Gasteiger charge is -2.31. The van der Waals surface area contributed by atoms with Crippen molar-refractivity contribution in [3.63, 3.8) is 0 Å². The minimum absolute atomic E-state index is 0.0411. The van der Waals surface area contributed by atoms with Gasteiger partial charge in [0.15, 0.2) is 0 Å². The minimum atomic E-state index is -0.505. The van der Waals surface area contributed by atoms with E-state index in [1.807, 2.05) is 0 Å². The molecule has 2 amide bonds. The fraction of sp³-hybridized carbons (Fsp3) is 0.600. The van der Waals surface area contributed by atoms with Crippen molar-refractivity contribution in [2.45, 2.75) is 31.3 Å². The van der Waals surface area contributed by atoms with Gasteiger partial charge in [-0.2, -0.15) is 0 Å². The Morgan fingerprint density at radius 1 is 1.42 bits per heavy atom. The highest BCUT2D eigenvalue weighted by molar-refractivity contribution is 7.17. The van der Waals surface area contributed by atoms with Crippen LogP contribution < -0.4 is 5.32 Å². The van der Waals surface area contributed by atoms with Gasteiger partial charge in [-0.25, -0.2) is 0 Å². The van der Waals surface area contributed by atoms with Crippen LogP contribution in [-0.4, -0.2) is 65.3 Å². The molecule has 8 nitrogen and oxygen atoms in total. The third kappa shape index (κ3) is 3.13. The number of hydrogen-bond acceptors (Lipinski definition) is 6. The van der Waals surface area contributed by atoms with Crippen molar-refractivity contribution in [2.24, 2.45) is 0 Å². The smallest absolute Gasteiger partial charge is 0.324 e. The zero-order chi connectivity index (χ0) is 17.3. The van der Waals surface area contributed by atoms with E-state index in [1.54, 1.807) is 16.8 Å². The maximum atomic E-state index is 12.8. The Bertz CT molecular complexity index is 656. The number of hydrogen-bond donors (Lipinski definition) is 1. The van der Waals surface area contributed by atoms with E-state index in [0.29, 0.717) is 17.8 Å². The summed E-state index contributed by atoms with van der Waals surface area (Å²) in [4.78, 5) is 39.4. The molecule has 0 radical (unpaired) electrons. The van der Waals surface area contributed by atoms with Crippen LogP contribution in [0.25, 0.3) is 0 Å². The summed E-state index contributed by atoms with van der Waals surface area (Å²) in [6.07, 6.45) is 2.33. The molecule has 2 saturated heterocycles. The van der Waals surface area contributed by atoms with E-state index < -0.39 is 11.0 Å². The molecule has 2 aliphatic rings. The molecule has 0 aromatic carbocycles. The topological polar surface area (TPSA) is 95.8 Å². The van der Waals surface area contributed by atoms with E-state index in [4.69, 9.17) is 0 Å². The van der Waals surface area contributed by atoms with Gasteiger partial charge in [0.1, 0.15) is 6.04 Å². The lowest BCUT2D eigenvalue weighted by atomic mass is 10.1. The molecule has 0 saturated carbocycles. The quantitative estimate of drug-likeness (QED) is 0.646. The molecule has 2 unspecified atom stereocenters. The first-order valence-electron chi connectivity index (χ1n) is 8.01. The highest BCUT2D eigenvalue weighted by atomic mass is 32.1. The van der Waals surface area contributed by atoms with Crippen LogP contribution in [0.5, 0.6) is 0 Å². The van der Waals surface area contributed by atoms with Crippen molar-refractivity contribution in [1.29, 1.82) is 0 Å². The van der Waals surface area contributed by atoms with Crippen molar-refractivity contribution in [2.75, 3.05) is 26.7 Å². The average molecular weight is 352 g/mol. The Kier molecular flexibility index (Phi) is 4.81. The maximum absolute atomic E-state index is 12.8. The summed E-state index contributed by atoms with van der Waals surface area (Å²) in [6, 6.07) is 2.50. The van der Waals surface area contributed by atoms with Gasteiger partial charge in [-0.3, -0.25) is 19.7 Å². The van der Waals surface area contributed by atoms with Crippen LogP contribution in [0.4, 0.5) is 5.00 Å². The molecular formula is C15H20N4O4S. The molecule has 3 heterocycles. The normalized spacial score (nSPS) is 23.5. The van der Waals surface area contributed by atoms with Gasteiger partial charge in [-0.1, -0.05) is 11.3 Å². The summed E-state index contributed by atoms with van der Waals surface area (Å²) in [5, 5.41) is 14.0. The molecule has 24 heavy (non-hydrogen) atoms. The number of thiophene rings is 1. The summed E-state index contributed by atoms with van der Waals surface area (Å²) in [5.41, 5.74) is 0. The van der Waals surface area contributed by atoms with Gasteiger partial charge in [-0.05, 0) is 31.9 Å². The van der Waals surface area contributed by atoms with Crippen molar-refractivity contribution in [3.8, 4) is 0 Å². The number of carbonyl (C=O) groups is 2. The molecule has 2 atom stereocenters. The van der Waals surface area contributed by atoms with Gasteiger partial charge in [0.2, 0.25) is 5.91 Å². The van der Waals surface area contributed by atoms with Crippen LogP contribution in [0.15, 0.2) is 12.1 Å². The second-order valence-corrected chi connectivity index (χ2v) is 7.21. The lowest BCUT2D eigenvalue weighted by Crippen LogP contribution is -2.50. The van der Waals surface area contributed by atoms with E-state index in [1.165, 1.54) is 12.1 Å². The number of likely N-dealkylation sites (N-methyl/N-ethyl adjacent to an activating group) is 1. The largest absolute Gasteiger partial charge is 0.340 e. The molecule has 9 heteroatoms. The third-order valence-electron chi connectivity index (χ3n) is 4.71. The number of likely N-dealkylation sites (tertiary alicyclic amines) is 1. The highest BCUT2D eigenvalue weighted by Crippen LogP contribution is 2.28. The lowest BCUT2D eigenvalue weighted by molar-refractivity contribution is -0.380. The average Bonchev–Trinajstić information content (AvgIpc) is 3.33. The molecule has 0 aliphatic carbocycles. The van der Waals surface area contributed by atoms with Crippen LogP contribution >= 0.6 is 11.3 Å². The van der Waals surface area contributed by atoms with E-state index in [0.717, 1.165) is 37.3 Å². The molecule has 2 fully saturated rings. The van der Waals surface area contributed by atoms with Crippen LogP contribution in [0.1, 0.15) is 28.9 Å². The van der Waals surface area contributed by atoms with Gasteiger partial charge < -0.3 is 15.1 Å². The number of carbonyl (C=O) groups excluding carboxylic acids is 2. The Labute approximate surface area is 143 Å². The van der Waals surface area contributed by atoms with Gasteiger partial charge in [-0.15, -0.1) is 0 Å². The molecule has 0 bridgehead atoms. The first kappa shape index (κ1) is 16.8. The summed E-state index contributed by atoms with van der Waals surface area (Å²) >= 11 is 0.858. The van der Waals surface area contributed by atoms with Gasteiger partial charge in [0, 0.05) is 32.2 Å². The van der Waals surface area contributed by atoms with Crippen molar-refractivity contribution < 1.29 is 14.5 Å². The van der Waals surface area contributed by atoms with Crippen LogP contribution in [0.3, 0.4) is 0 Å². The SMILES string of the molecule is CN(C(=O)C1CCCN1C(=O)c1ccc([N+](=O)[O-])s1)C1CCNC1. The number of nitrogens with one attached hydrogen (secondary N) is 1. The predicted octanol–water partition coefficient (Wildman–Crippen LogP) is 1.08. The van der Waals surface area contributed by atoms with E-state index in [2.05, 4.69) is 5.32 Å². The van der Waals surface area contributed by atoms with Crippen molar-refractivity contribution in [1.82, 2.24) is 15.1 Å². The standard InChI is InChI=1S/C15H20N4O4S/c1-17(10-6-7-16-9-10)14(20)11-3-2-8-18(11)15(21)12-4-5-13(24-12)19(22)23/h4-5,10-11,16H,2-3,6-9H2,1H3. The Balaban J connectivity index is 1.73. The zero-order valence-electron chi connectivity index (χ0n) is 13.4. The molecular weight excluding hydrogens is 332 g/mol. The molecule has 1 aromatic heterocycles. The zero-order valence-corrected chi connectivity index (χ0v) is 14.3. The number of rotatable bonds is 4. The maximum Gasteiger partial charge on any atom is 0.324 e. The van der Waals surface area contributed by atoms with E-state index >= 15 is 0 Å². The first-order chi connectivity index (χ1) is 11.5. The summed E-state index contributed by atoms with van der Waals surface area (Å²) < 4.78 is 0. The van der Waals surface area contributed by atoms with Crippen LogP contribution in [0.2, 0.25) is 0 Å². The third-order valence-corrected chi connectivity index (χ3v) is 5.74. The monoisotopic (exact) mass is 352 g/mol. The van der Waals surface area contributed by atoms with Crippen LogP contribution in [-0.2, 0) is 4.79 Å². The first-order valence-corrected chi connectivity index (χ1v) is 8.83. The van der Waals surface area contributed by atoms with Gasteiger partial charge in [0.05, 0.1) is 9.80 Å². The predicted molar refractivity (Wildman–Crippen MR) is 89.1 cm³/mol. The summed E-state index contributed by atoms with van der Waals surface area (Å²) in [6.45, 7) is 2.19. The van der Waals surface area contributed by atoms with Crippen LogP contribution in [0, 0.1) is 10.1 Å². The summed E-state index contributed by atoms with van der Waals surface area (Å²) in [5.74, 6) is -0.331. The molecule has 130 valence electrons. The molecule has 2 aliphatic heterocycles. The van der Waals surface area contributed by atoms with Crippen molar-refractivity contribution >= 4 is 28.2 Å². The second kappa shape index (κ2) is 6.86. The molecule has 0 spiro atoms. The number of nitrogens with zero attached hydrogens (tertiary/aromatic N) is 3. The highest BCUT2D eigenvalue weighted by Gasteiger charge is 2.38. The molecule has 1 N–H and O–H groups in total. The minimum Gasteiger partial charge on any atom is -0.340 e. The number of nitro groups is 1.